The summed E-state index contributed by atoms with van der Waals surface area (Å²) in [5.41, 5.74) is 0. The molecule has 3 heterocycles. The zero-order valence-electron chi connectivity index (χ0n) is 14.6. The fourth-order valence-electron chi connectivity index (χ4n) is 3.28. The van der Waals surface area contributed by atoms with Crippen LogP contribution < -0.4 is 10.6 Å². The lowest BCUT2D eigenvalue weighted by Crippen LogP contribution is -2.42. The average molecular weight is 349 g/mol. The Bertz CT molecular complexity index is 577. The zero-order chi connectivity index (χ0) is 17.5. The first kappa shape index (κ1) is 17.9. The van der Waals surface area contributed by atoms with E-state index in [2.05, 4.69) is 15.7 Å². The molecular formula is C17H27N5O3. The van der Waals surface area contributed by atoms with Gasteiger partial charge in [-0.1, -0.05) is 0 Å². The molecule has 3 rings (SSSR count). The van der Waals surface area contributed by atoms with E-state index in [0.717, 1.165) is 32.4 Å². The molecule has 2 fully saturated rings. The van der Waals surface area contributed by atoms with Gasteiger partial charge in [-0.05, 0) is 38.3 Å². The number of hydrogen-bond acceptors (Lipinski definition) is 5. The SMILES string of the molecule is O=C(CCC1CCNCC1)Nc1ccn(CC(=O)N2CCOCC2)n1. The van der Waals surface area contributed by atoms with Gasteiger partial charge in [0.2, 0.25) is 11.8 Å². The minimum Gasteiger partial charge on any atom is -0.378 e. The van der Waals surface area contributed by atoms with Gasteiger partial charge in [-0.2, -0.15) is 5.10 Å². The average Bonchev–Trinajstić information content (AvgIpc) is 3.08. The fraction of sp³-hybridized carbons (Fsp3) is 0.706. The Kier molecular flexibility index (Phi) is 6.41. The minimum atomic E-state index is -0.0108. The Morgan fingerprint density at radius 1 is 1.28 bits per heavy atom. The van der Waals surface area contributed by atoms with E-state index < -0.39 is 0 Å². The van der Waals surface area contributed by atoms with Crippen LogP contribution >= 0.6 is 0 Å². The van der Waals surface area contributed by atoms with Gasteiger partial charge in [-0.3, -0.25) is 14.3 Å². The molecule has 138 valence electrons. The first-order valence-electron chi connectivity index (χ1n) is 9.10. The monoisotopic (exact) mass is 349 g/mol. The van der Waals surface area contributed by atoms with Gasteiger partial charge in [-0.15, -0.1) is 0 Å². The number of aromatic nitrogens is 2. The number of rotatable bonds is 6. The molecule has 0 radical (unpaired) electrons. The lowest BCUT2D eigenvalue weighted by Gasteiger charge is -2.26. The molecule has 2 aliphatic heterocycles. The first-order valence-corrected chi connectivity index (χ1v) is 9.10. The molecule has 8 heteroatoms. The molecule has 2 saturated heterocycles. The smallest absolute Gasteiger partial charge is 0.244 e. The topological polar surface area (TPSA) is 88.5 Å². The molecule has 2 amide bonds. The van der Waals surface area contributed by atoms with Crippen LogP contribution in [0.1, 0.15) is 25.7 Å². The summed E-state index contributed by atoms with van der Waals surface area (Å²) in [5.74, 6) is 1.15. The predicted octanol–water partition coefficient (Wildman–Crippen LogP) is 0.460. The maximum Gasteiger partial charge on any atom is 0.244 e. The Morgan fingerprint density at radius 3 is 2.80 bits per heavy atom. The molecule has 1 aromatic heterocycles. The number of morpholine rings is 1. The molecular weight excluding hydrogens is 322 g/mol. The highest BCUT2D eigenvalue weighted by Gasteiger charge is 2.18. The van der Waals surface area contributed by atoms with E-state index in [0.29, 0.717) is 44.5 Å². The molecule has 8 nitrogen and oxygen atoms in total. The number of ether oxygens (including phenoxy) is 1. The lowest BCUT2D eigenvalue weighted by molar-refractivity contribution is -0.136. The van der Waals surface area contributed by atoms with E-state index in [1.807, 2.05) is 0 Å². The Balaban J connectivity index is 1.41. The summed E-state index contributed by atoms with van der Waals surface area (Å²) in [4.78, 5) is 26.0. The number of nitrogens with one attached hydrogen (secondary N) is 2. The van der Waals surface area contributed by atoms with Crippen LogP contribution in [0.15, 0.2) is 12.3 Å². The van der Waals surface area contributed by atoms with Crippen molar-refractivity contribution in [2.75, 3.05) is 44.7 Å². The molecule has 25 heavy (non-hydrogen) atoms. The van der Waals surface area contributed by atoms with Crippen LogP contribution in [0.5, 0.6) is 0 Å². The van der Waals surface area contributed by atoms with Crippen LogP contribution in [0.3, 0.4) is 0 Å². The van der Waals surface area contributed by atoms with Crippen LogP contribution in [-0.4, -0.2) is 65.9 Å². The molecule has 0 spiro atoms. The van der Waals surface area contributed by atoms with E-state index >= 15 is 0 Å². The van der Waals surface area contributed by atoms with E-state index in [1.165, 1.54) is 0 Å². The van der Waals surface area contributed by atoms with E-state index in [9.17, 15) is 9.59 Å². The van der Waals surface area contributed by atoms with Gasteiger partial charge in [-0.25, -0.2) is 0 Å². The minimum absolute atomic E-state index is 0.0108. The van der Waals surface area contributed by atoms with Gasteiger partial charge in [0.1, 0.15) is 6.54 Å². The second-order valence-electron chi connectivity index (χ2n) is 6.67. The summed E-state index contributed by atoms with van der Waals surface area (Å²) in [6, 6.07) is 1.73. The summed E-state index contributed by atoms with van der Waals surface area (Å²) in [6.45, 7) is 4.71. The number of hydrogen-bond donors (Lipinski definition) is 2. The predicted molar refractivity (Wildman–Crippen MR) is 93.1 cm³/mol. The van der Waals surface area contributed by atoms with Gasteiger partial charge in [0.05, 0.1) is 13.2 Å². The molecule has 0 atom stereocenters. The summed E-state index contributed by atoms with van der Waals surface area (Å²) in [5, 5.41) is 10.4. The summed E-state index contributed by atoms with van der Waals surface area (Å²) >= 11 is 0. The highest BCUT2D eigenvalue weighted by atomic mass is 16.5. The molecule has 2 aliphatic rings. The van der Waals surface area contributed by atoms with Gasteiger partial charge in [0.15, 0.2) is 5.82 Å². The van der Waals surface area contributed by atoms with Gasteiger partial charge >= 0.3 is 0 Å². The summed E-state index contributed by atoms with van der Waals surface area (Å²) in [7, 11) is 0. The fourth-order valence-corrected chi connectivity index (χ4v) is 3.28. The largest absolute Gasteiger partial charge is 0.378 e. The van der Waals surface area contributed by atoms with Gasteiger partial charge in [0, 0.05) is 31.8 Å². The van der Waals surface area contributed by atoms with Crippen molar-refractivity contribution in [1.82, 2.24) is 20.0 Å². The highest BCUT2D eigenvalue weighted by Crippen LogP contribution is 2.18. The van der Waals surface area contributed by atoms with Crippen molar-refractivity contribution in [1.29, 1.82) is 0 Å². The van der Waals surface area contributed by atoms with Crippen LogP contribution in [0.25, 0.3) is 0 Å². The third-order valence-corrected chi connectivity index (χ3v) is 4.81. The van der Waals surface area contributed by atoms with Crippen molar-refractivity contribution in [3.8, 4) is 0 Å². The third-order valence-electron chi connectivity index (χ3n) is 4.81. The normalized spacial score (nSPS) is 19.0. The van der Waals surface area contributed by atoms with Crippen LogP contribution in [0.2, 0.25) is 0 Å². The Morgan fingerprint density at radius 2 is 2.04 bits per heavy atom. The maximum atomic E-state index is 12.2. The Hall–Kier alpha value is -1.93. The van der Waals surface area contributed by atoms with Crippen molar-refractivity contribution in [3.63, 3.8) is 0 Å². The second kappa shape index (κ2) is 8.96. The molecule has 2 N–H and O–H groups in total. The number of anilines is 1. The number of piperidine rings is 1. The van der Waals surface area contributed by atoms with E-state index in [1.54, 1.807) is 21.8 Å². The van der Waals surface area contributed by atoms with Crippen molar-refractivity contribution in [2.45, 2.75) is 32.2 Å². The molecule has 0 unspecified atom stereocenters. The molecule has 0 saturated carbocycles. The van der Waals surface area contributed by atoms with Crippen molar-refractivity contribution < 1.29 is 14.3 Å². The third kappa shape index (κ3) is 5.54. The number of carbonyl (C=O) groups excluding carboxylic acids is 2. The maximum absolute atomic E-state index is 12.2. The molecule has 0 aromatic carbocycles. The Labute approximate surface area is 147 Å². The second-order valence-corrected chi connectivity index (χ2v) is 6.67. The van der Waals surface area contributed by atoms with E-state index in [-0.39, 0.29) is 18.4 Å². The molecule has 1 aromatic rings. The van der Waals surface area contributed by atoms with Crippen molar-refractivity contribution in [2.24, 2.45) is 5.92 Å². The number of carbonyl (C=O) groups is 2. The lowest BCUT2D eigenvalue weighted by atomic mass is 9.93. The highest BCUT2D eigenvalue weighted by molar-refractivity contribution is 5.89. The quantitative estimate of drug-likeness (QED) is 0.779. The zero-order valence-corrected chi connectivity index (χ0v) is 14.6. The summed E-state index contributed by atoms with van der Waals surface area (Å²) in [6.07, 6.45) is 5.45. The van der Waals surface area contributed by atoms with Crippen molar-refractivity contribution >= 4 is 17.6 Å². The van der Waals surface area contributed by atoms with Gasteiger partial charge in [0.25, 0.3) is 0 Å². The van der Waals surface area contributed by atoms with Crippen LogP contribution in [0.4, 0.5) is 5.82 Å². The first-order chi connectivity index (χ1) is 12.2. The molecule has 0 bridgehead atoms. The van der Waals surface area contributed by atoms with E-state index in [4.69, 9.17) is 4.74 Å². The number of amides is 2. The van der Waals surface area contributed by atoms with Crippen molar-refractivity contribution in [3.05, 3.63) is 12.3 Å². The number of nitrogens with zero attached hydrogens (tertiary/aromatic N) is 3. The standard InChI is InChI=1S/C17H27N5O3/c23-16(2-1-14-3-6-18-7-4-14)19-15-5-8-22(20-15)13-17(24)21-9-11-25-12-10-21/h5,8,14,18H,1-4,6-7,9-13H2,(H,19,20,23). The summed E-state index contributed by atoms with van der Waals surface area (Å²) < 4.78 is 6.82. The van der Waals surface area contributed by atoms with Crippen LogP contribution in [0, 0.1) is 5.92 Å². The van der Waals surface area contributed by atoms with Crippen LogP contribution in [-0.2, 0) is 20.9 Å². The molecule has 0 aliphatic carbocycles. The van der Waals surface area contributed by atoms with Gasteiger partial charge < -0.3 is 20.3 Å².